The van der Waals surface area contributed by atoms with E-state index >= 15 is 0 Å². The van der Waals surface area contributed by atoms with Gasteiger partial charge in [-0.05, 0) is 57.1 Å². The van der Waals surface area contributed by atoms with Gasteiger partial charge in [0.2, 0.25) is 11.8 Å². The lowest BCUT2D eigenvalue weighted by Gasteiger charge is -2.33. The van der Waals surface area contributed by atoms with Crippen molar-refractivity contribution in [2.75, 3.05) is 13.1 Å². The van der Waals surface area contributed by atoms with Crippen LogP contribution in [0.2, 0.25) is 0 Å². The lowest BCUT2D eigenvalue weighted by molar-refractivity contribution is -0.131. The Labute approximate surface area is 262 Å². The van der Waals surface area contributed by atoms with E-state index in [1.807, 2.05) is 61.5 Å². The number of carbonyl (C=O) groups excluding carboxylic acids is 4. The van der Waals surface area contributed by atoms with E-state index in [0.717, 1.165) is 16.7 Å². The highest BCUT2D eigenvalue weighted by molar-refractivity contribution is 5.97. The van der Waals surface area contributed by atoms with Crippen molar-refractivity contribution in [1.82, 2.24) is 26.0 Å². The Kier molecular flexibility index (Phi) is 11.7. The van der Waals surface area contributed by atoms with Gasteiger partial charge in [-0.3, -0.25) is 14.4 Å². The molecular weight excluding hydrogens is 578 g/mol. The second-order valence-corrected chi connectivity index (χ2v) is 11.5. The summed E-state index contributed by atoms with van der Waals surface area (Å²) in [5.41, 5.74) is 2.86. The topological polar surface area (TPSA) is 163 Å². The van der Waals surface area contributed by atoms with E-state index in [-0.39, 0.29) is 24.8 Å². The summed E-state index contributed by atoms with van der Waals surface area (Å²) >= 11 is 0. The number of benzene rings is 2. The van der Waals surface area contributed by atoms with Crippen LogP contribution < -0.4 is 16.0 Å². The number of aryl methyl sites for hydroxylation is 2. The summed E-state index contributed by atoms with van der Waals surface area (Å²) in [6.07, 6.45) is -0.124. The van der Waals surface area contributed by atoms with Crippen molar-refractivity contribution in [3.8, 4) is 0 Å². The highest BCUT2D eigenvalue weighted by Gasteiger charge is 2.33. The zero-order valence-electron chi connectivity index (χ0n) is 25.8. The van der Waals surface area contributed by atoms with Crippen molar-refractivity contribution in [2.24, 2.45) is 5.92 Å². The third-order valence-corrected chi connectivity index (χ3v) is 7.78. The fourth-order valence-corrected chi connectivity index (χ4v) is 5.10. The molecule has 12 heteroatoms. The summed E-state index contributed by atoms with van der Waals surface area (Å²) < 4.78 is 10.4. The highest BCUT2D eigenvalue weighted by atomic mass is 16.6. The normalized spacial score (nSPS) is 15.4. The highest BCUT2D eigenvalue weighted by Crippen LogP contribution is 2.23. The molecule has 4 amide bonds. The zero-order valence-corrected chi connectivity index (χ0v) is 25.8. The van der Waals surface area contributed by atoms with Crippen LogP contribution in [0.15, 0.2) is 65.2 Å². The van der Waals surface area contributed by atoms with E-state index in [2.05, 4.69) is 21.1 Å². The number of likely N-dealkylation sites (tertiary alicyclic amines) is 1. The summed E-state index contributed by atoms with van der Waals surface area (Å²) in [5, 5.41) is 22.2. The molecule has 0 bridgehead atoms. The van der Waals surface area contributed by atoms with Crippen LogP contribution in [0.3, 0.4) is 0 Å². The zero-order chi connectivity index (χ0) is 32.3. The monoisotopic (exact) mass is 619 g/mol. The van der Waals surface area contributed by atoms with Gasteiger partial charge in [0.15, 0.2) is 5.69 Å². The quantitative estimate of drug-likeness (QED) is 0.240. The lowest BCUT2D eigenvalue weighted by atomic mass is 9.89. The predicted molar refractivity (Wildman–Crippen MR) is 165 cm³/mol. The second-order valence-electron chi connectivity index (χ2n) is 11.5. The van der Waals surface area contributed by atoms with Gasteiger partial charge in [-0.2, -0.15) is 0 Å². The van der Waals surface area contributed by atoms with E-state index in [1.54, 1.807) is 11.8 Å². The van der Waals surface area contributed by atoms with E-state index in [4.69, 9.17) is 9.26 Å². The van der Waals surface area contributed by atoms with Gasteiger partial charge in [-0.15, -0.1) is 0 Å². The van der Waals surface area contributed by atoms with Gasteiger partial charge in [0.05, 0.1) is 6.10 Å². The van der Waals surface area contributed by atoms with Crippen molar-refractivity contribution in [3.63, 3.8) is 0 Å². The maximum absolute atomic E-state index is 13.4. The fourth-order valence-electron chi connectivity index (χ4n) is 5.10. The number of hydrogen-bond donors (Lipinski definition) is 4. The minimum Gasteiger partial charge on any atom is -0.445 e. The number of aromatic nitrogens is 1. The van der Waals surface area contributed by atoms with Crippen LogP contribution in [0, 0.1) is 19.8 Å². The minimum atomic E-state index is -1.34. The molecule has 0 unspecified atom stereocenters. The molecule has 0 aliphatic carbocycles. The number of rotatable bonds is 12. The Morgan fingerprint density at radius 1 is 0.978 bits per heavy atom. The Bertz CT molecular complexity index is 1430. The molecule has 4 rings (SSSR count). The smallest absolute Gasteiger partial charge is 0.410 e. The van der Waals surface area contributed by atoms with E-state index in [9.17, 15) is 24.3 Å². The number of piperidine rings is 1. The average Bonchev–Trinajstić information content (AvgIpc) is 3.48. The van der Waals surface area contributed by atoms with Gasteiger partial charge in [0, 0.05) is 25.7 Å². The third kappa shape index (κ3) is 9.90. The van der Waals surface area contributed by atoms with Crippen molar-refractivity contribution in [2.45, 2.75) is 71.4 Å². The molecule has 0 radical (unpaired) electrons. The molecule has 0 spiro atoms. The number of hydrogen-bond acceptors (Lipinski definition) is 8. The first-order chi connectivity index (χ1) is 21.6. The molecule has 2 aromatic carbocycles. The van der Waals surface area contributed by atoms with E-state index < -0.39 is 42.0 Å². The Balaban J connectivity index is 1.38. The maximum atomic E-state index is 13.4. The summed E-state index contributed by atoms with van der Waals surface area (Å²) in [7, 11) is 0. The molecule has 0 saturated carbocycles. The number of amides is 4. The van der Waals surface area contributed by atoms with Crippen LogP contribution >= 0.6 is 0 Å². The van der Waals surface area contributed by atoms with Gasteiger partial charge in [0.25, 0.3) is 5.91 Å². The minimum absolute atomic E-state index is 0.0243. The molecule has 45 heavy (non-hydrogen) atoms. The Morgan fingerprint density at radius 2 is 1.67 bits per heavy atom. The van der Waals surface area contributed by atoms with E-state index in [1.165, 1.54) is 13.0 Å². The molecule has 12 nitrogen and oxygen atoms in total. The predicted octanol–water partition coefficient (Wildman–Crippen LogP) is 3.01. The average molecular weight is 620 g/mol. The maximum Gasteiger partial charge on any atom is 0.410 e. The number of nitrogens with zero attached hydrogens (tertiary/aromatic N) is 2. The number of nitrogens with one attached hydrogen (secondary N) is 3. The van der Waals surface area contributed by atoms with Gasteiger partial charge < -0.3 is 35.2 Å². The lowest BCUT2D eigenvalue weighted by Crippen LogP contribution is -2.57. The van der Waals surface area contributed by atoms with Crippen molar-refractivity contribution < 1.29 is 33.5 Å². The van der Waals surface area contributed by atoms with E-state index in [0.29, 0.717) is 38.1 Å². The van der Waals surface area contributed by atoms with Crippen LogP contribution in [0.4, 0.5) is 4.79 Å². The molecular formula is C33H41N5O7. The molecule has 3 aromatic rings. The van der Waals surface area contributed by atoms with Gasteiger partial charge in [-0.25, -0.2) is 4.79 Å². The van der Waals surface area contributed by atoms with Crippen LogP contribution in [-0.2, 0) is 27.5 Å². The Morgan fingerprint density at radius 3 is 2.29 bits per heavy atom. The molecule has 1 aliphatic heterocycles. The number of aliphatic hydroxyl groups excluding tert-OH is 1. The summed E-state index contributed by atoms with van der Waals surface area (Å²) in [4.78, 5) is 53.8. The standard InChI is InChI=1S/C33H41N5O7/c1-21-9-11-25(12-10-21)19-34-30(40)27(35-32(42)29(23(3)39)36-31(41)28-17-22(2)45-37-28)18-24-13-15-38(16-14-24)33(43)44-20-26-7-5-4-6-8-26/h4-12,17,23-24,27,29,39H,13-16,18-20H2,1-3H3,(H,34,40)(H,35,42)(H,36,41)/t23-,27+,29+/m1/s1. The van der Waals surface area contributed by atoms with Crippen LogP contribution in [-0.4, -0.2) is 70.3 Å². The molecule has 240 valence electrons. The third-order valence-electron chi connectivity index (χ3n) is 7.78. The molecule has 3 atom stereocenters. The number of carbonyl (C=O) groups is 4. The molecule has 2 heterocycles. The van der Waals surface area contributed by atoms with Crippen molar-refractivity contribution in [3.05, 3.63) is 88.8 Å². The molecule has 1 fully saturated rings. The second kappa shape index (κ2) is 15.8. The van der Waals surface area contributed by atoms with Crippen molar-refractivity contribution >= 4 is 23.8 Å². The van der Waals surface area contributed by atoms with Crippen molar-refractivity contribution in [1.29, 1.82) is 0 Å². The van der Waals surface area contributed by atoms with Crippen LogP contribution in [0.25, 0.3) is 0 Å². The summed E-state index contributed by atoms with van der Waals surface area (Å²) in [6.45, 7) is 6.33. The van der Waals surface area contributed by atoms with Gasteiger partial charge >= 0.3 is 6.09 Å². The first kappa shape index (κ1) is 33.2. The molecule has 1 aliphatic rings. The first-order valence-corrected chi connectivity index (χ1v) is 15.1. The SMILES string of the molecule is Cc1ccc(CNC(=O)[C@H](CC2CCN(C(=O)OCc3ccccc3)CC2)NC(=O)[C@@H](NC(=O)c2cc(C)on2)[C@@H](C)O)cc1. The van der Waals surface area contributed by atoms with Gasteiger partial charge in [0.1, 0.15) is 24.5 Å². The van der Waals surface area contributed by atoms with Crippen LogP contribution in [0.5, 0.6) is 0 Å². The Hall–Kier alpha value is -4.71. The first-order valence-electron chi connectivity index (χ1n) is 15.1. The number of ether oxygens (including phenoxy) is 1. The van der Waals surface area contributed by atoms with Crippen LogP contribution in [0.1, 0.15) is 59.1 Å². The fraction of sp³-hybridized carbons (Fsp3) is 0.424. The molecule has 4 N–H and O–H groups in total. The summed E-state index contributed by atoms with van der Waals surface area (Å²) in [6, 6.07) is 16.3. The largest absolute Gasteiger partial charge is 0.445 e. The summed E-state index contributed by atoms with van der Waals surface area (Å²) in [5.74, 6) is -1.36. The molecule has 1 saturated heterocycles. The number of aliphatic hydroxyl groups is 1. The van der Waals surface area contributed by atoms with Gasteiger partial charge in [-0.1, -0.05) is 65.3 Å². The molecule has 1 aromatic heterocycles.